The first-order chi connectivity index (χ1) is 11.3. The summed E-state index contributed by atoms with van der Waals surface area (Å²) in [7, 11) is -2.99. The van der Waals surface area contributed by atoms with Crippen molar-refractivity contribution < 1.29 is 13.2 Å². The lowest BCUT2D eigenvalue weighted by atomic mass is 10.0. The van der Waals surface area contributed by atoms with Crippen molar-refractivity contribution in [1.29, 1.82) is 0 Å². The molecule has 5 nitrogen and oxygen atoms in total. The number of carbonyl (C=O) groups is 1. The van der Waals surface area contributed by atoms with Gasteiger partial charge < -0.3 is 10.2 Å². The first-order valence-corrected chi connectivity index (χ1v) is 10.5. The summed E-state index contributed by atoms with van der Waals surface area (Å²) in [6, 6.07) is 7.85. The first kappa shape index (κ1) is 18.8. The average molecular weight is 353 g/mol. The quantitative estimate of drug-likeness (QED) is 0.856. The Morgan fingerprint density at radius 1 is 1.29 bits per heavy atom. The molecule has 0 radical (unpaired) electrons. The molecular formula is C18H28N2O3S. The van der Waals surface area contributed by atoms with Gasteiger partial charge >= 0.3 is 6.03 Å². The van der Waals surface area contributed by atoms with Gasteiger partial charge in [0.05, 0.1) is 11.5 Å². The van der Waals surface area contributed by atoms with E-state index in [9.17, 15) is 13.2 Å². The second kappa shape index (κ2) is 8.01. The van der Waals surface area contributed by atoms with E-state index >= 15 is 0 Å². The Kier molecular flexibility index (Phi) is 6.27. The molecule has 1 aromatic carbocycles. The number of nitrogens with one attached hydrogen (secondary N) is 1. The summed E-state index contributed by atoms with van der Waals surface area (Å²) in [4.78, 5) is 14.2. The van der Waals surface area contributed by atoms with E-state index in [0.717, 1.165) is 12.0 Å². The summed E-state index contributed by atoms with van der Waals surface area (Å²) >= 11 is 0. The van der Waals surface area contributed by atoms with Crippen LogP contribution < -0.4 is 5.32 Å². The molecule has 1 aromatic rings. The molecule has 0 saturated carbocycles. The van der Waals surface area contributed by atoms with E-state index in [1.54, 1.807) is 4.90 Å². The Morgan fingerprint density at radius 3 is 2.46 bits per heavy atom. The SMILES string of the molecule is CCCN(C(=O)NCc1ccc(C(C)C)cc1)C1CCS(=O)(=O)C1. The van der Waals surface area contributed by atoms with Crippen LogP contribution in [0.3, 0.4) is 0 Å². The number of urea groups is 1. The van der Waals surface area contributed by atoms with Crippen molar-refractivity contribution in [2.24, 2.45) is 0 Å². The topological polar surface area (TPSA) is 66.5 Å². The van der Waals surface area contributed by atoms with Crippen LogP contribution in [-0.4, -0.2) is 43.4 Å². The summed E-state index contributed by atoms with van der Waals surface area (Å²) in [6.45, 7) is 7.33. The van der Waals surface area contributed by atoms with Crippen molar-refractivity contribution in [3.8, 4) is 0 Å². The highest BCUT2D eigenvalue weighted by Crippen LogP contribution is 2.19. The summed E-state index contributed by atoms with van der Waals surface area (Å²) in [6.07, 6.45) is 1.35. The number of hydrogen-bond donors (Lipinski definition) is 1. The standard InChI is InChI=1S/C18H28N2O3S/c1-4-10-20(17-9-11-24(22,23)13-17)18(21)19-12-15-5-7-16(8-6-15)14(2)3/h5-8,14,17H,4,9-13H2,1-3H3,(H,19,21). The number of sulfone groups is 1. The van der Waals surface area contributed by atoms with Crippen LogP contribution >= 0.6 is 0 Å². The number of amides is 2. The third kappa shape index (κ3) is 4.97. The van der Waals surface area contributed by atoms with Gasteiger partial charge in [-0.25, -0.2) is 13.2 Å². The zero-order valence-corrected chi connectivity index (χ0v) is 15.6. The Balaban J connectivity index is 1.95. The van der Waals surface area contributed by atoms with E-state index in [1.807, 2.05) is 19.1 Å². The number of hydrogen-bond acceptors (Lipinski definition) is 3. The van der Waals surface area contributed by atoms with Crippen LogP contribution in [0.15, 0.2) is 24.3 Å². The Labute approximate surface area is 145 Å². The molecule has 1 heterocycles. The van der Waals surface area contributed by atoms with Gasteiger partial charge in [0.15, 0.2) is 9.84 Å². The molecule has 0 aromatic heterocycles. The average Bonchev–Trinajstić information content (AvgIpc) is 2.90. The van der Waals surface area contributed by atoms with Crippen molar-refractivity contribution in [1.82, 2.24) is 10.2 Å². The number of rotatable bonds is 6. The summed E-state index contributed by atoms with van der Waals surface area (Å²) in [5, 5.41) is 2.93. The van der Waals surface area contributed by atoms with Gasteiger partial charge in [-0.2, -0.15) is 0 Å². The van der Waals surface area contributed by atoms with Crippen molar-refractivity contribution in [3.63, 3.8) is 0 Å². The second-order valence-electron chi connectivity index (χ2n) is 6.81. The van der Waals surface area contributed by atoms with Crippen LogP contribution in [0.2, 0.25) is 0 Å². The van der Waals surface area contributed by atoms with E-state index < -0.39 is 9.84 Å². The molecule has 2 amide bonds. The molecule has 1 N–H and O–H groups in total. The molecule has 134 valence electrons. The van der Waals surface area contributed by atoms with E-state index in [0.29, 0.717) is 25.4 Å². The highest BCUT2D eigenvalue weighted by Gasteiger charge is 2.34. The molecular weight excluding hydrogens is 324 g/mol. The van der Waals surface area contributed by atoms with E-state index in [-0.39, 0.29) is 23.6 Å². The summed E-state index contributed by atoms with van der Waals surface area (Å²) in [5.41, 5.74) is 2.32. The minimum absolute atomic E-state index is 0.0868. The van der Waals surface area contributed by atoms with Crippen LogP contribution in [0.1, 0.15) is 50.7 Å². The maximum absolute atomic E-state index is 12.5. The predicted molar refractivity (Wildman–Crippen MR) is 96.8 cm³/mol. The largest absolute Gasteiger partial charge is 0.334 e. The minimum atomic E-state index is -2.99. The molecule has 6 heteroatoms. The highest BCUT2D eigenvalue weighted by atomic mass is 32.2. The smallest absolute Gasteiger partial charge is 0.317 e. The monoisotopic (exact) mass is 352 g/mol. The third-order valence-electron chi connectivity index (χ3n) is 4.46. The summed E-state index contributed by atoms with van der Waals surface area (Å²) in [5.74, 6) is 0.753. The lowest BCUT2D eigenvalue weighted by Gasteiger charge is -2.28. The molecule has 0 bridgehead atoms. The van der Waals surface area contributed by atoms with Gasteiger partial charge in [-0.3, -0.25) is 0 Å². The second-order valence-corrected chi connectivity index (χ2v) is 9.03. The molecule has 2 rings (SSSR count). The van der Waals surface area contributed by atoms with Gasteiger partial charge in [-0.1, -0.05) is 45.0 Å². The molecule has 1 fully saturated rings. The van der Waals surface area contributed by atoms with E-state index in [1.165, 1.54) is 5.56 Å². The molecule has 1 unspecified atom stereocenters. The van der Waals surface area contributed by atoms with Crippen molar-refractivity contribution >= 4 is 15.9 Å². The maximum Gasteiger partial charge on any atom is 0.317 e. The van der Waals surface area contributed by atoms with Gasteiger partial charge in [-0.15, -0.1) is 0 Å². The zero-order valence-electron chi connectivity index (χ0n) is 14.8. The molecule has 24 heavy (non-hydrogen) atoms. The minimum Gasteiger partial charge on any atom is -0.334 e. The number of nitrogens with zero attached hydrogens (tertiary/aromatic N) is 1. The van der Waals surface area contributed by atoms with Crippen LogP contribution in [0.5, 0.6) is 0 Å². The van der Waals surface area contributed by atoms with Gasteiger partial charge in [0.2, 0.25) is 0 Å². The van der Waals surface area contributed by atoms with Crippen LogP contribution in [0.4, 0.5) is 4.79 Å². The van der Waals surface area contributed by atoms with Crippen molar-refractivity contribution in [2.45, 2.75) is 52.1 Å². The van der Waals surface area contributed by atoms with Crippen LogP contribution in [-0.2, 0) is 16.4 Å². The van der Waals surface area contributed by atoms with Gasteiger partial charge in [0.1, 0.15) is 0 Å². The fraction of sp³-hybridized carbons (Fsp3) is 0.611. The van der Waals surface area contributed by atoms with E-state index in [4.69, 9.17) is 0 Å². The maximum atomic E-state index is 12.5. The normalized spacial score (nSPS) is 19.4. The van der Waals surface area contributed by atoms with E-state index in [2.05, 4.69) is 31.3 Å². The van der Waals surface area contributed by atoms with Crippen LogP contribution in [0.25, 0.3) is 0 Å². The Hall–Kier alpha value is -1.56. The molecule has 0 aliphatic carbocycles. The number of carbonyl (C=O) groups excluding carboxylic acids is 1. The van der Waals surface area contributed by atoms with Gasteiger partial charge in [0, 0.05) is 19.1 Å². The first-order valence-electron chi connectivity index (χ1n) is 8.66. The lowest BCUT2D eigenvalue weighted by Crippen LogP contribution is -2.46. The van der Waals surface area contributed by atoms with Crippen molar-refractivity contribution in [3.05, 3.63) is 35.4 Å². The molecule has 1 aliphatic rings. The molecule has 1 aliphatic heterocycles. The van der Waals surface area contributed by atoms with Crippen molar-refractivity contribution in [2.75, 3.05) is 18.1 Å². The molecule has 1 atom stereocenters. The third-order valence-corrected chi connectivity index (χ3v) is 6.22. The zero-order chi connectivity index (χ0) is 17.7. The molecule has 1 saturated heterocycles. The predicted octanol–water partition coefficient (Wildman–Crippen LogP) is 2.92. The van der Waals surface area contributed by atoms with Gasteiger partial charge in [-0.05, 0) is 29.9 Å². The lowest BCUT2D eigenvalue weighted by molar-refractivity contribution is 0.179. The fourth-order valence-corrected chi connectivity index (χ4v) is 4.74. The van der Waals surface area contributed by atoms with Gasteiger partial charge in [0.25, 0.3) is 0 Å². The number of benzene rings is 1. The highest BCUT2D eigenvalue weighted by molar-refractivity contribution is 7.91. The fourth-order valence-electron chi connectivity index (χ4n) is 3.01. The summed E-state index contributed by atoms with van der Waals surface area (Å²) < 4.78 is 23.4. The molecule has 0 spiro atoms. The Bertz CT molecular complexity index is 653. The van der Waals surface area contributed by atoms with Crippen LogP contribution in [0, 0.1) is 0 Å². The Morgan fingerprint density at radius 2 is 1.96 bits per heavy atom.